The van der Waals surface area contributed by atoms with Crippen LogP contribution in [0, 0.1) is 0 Å². The third-order valence-corrected chi connectivity index (χ3v) is 3.12. The first kappa shape index (κ1) is 12.8. The van der Waals surface area contributed by atoms with Crippen molar-refractivity contribution in [2.24, 2.45) is 14.1 Å². The quantitative estimate of drug-likeness (QED) is 0.872. The highest BCUT2D eigenvalue weighted by Gasteiger charge is 2.08. The minimum atomic E-state index is 0.474. The molecule has 2 heterocycles. The highest BCUT2D eigenvalue weighted by Crippen LogP contribution is 2.13. The number of nitrogens with zero attached hydrogens (tertiary/aromatic N) is 4. The molecular formula is C13H21N5. The molecule has 0 bridgehead atoms. The molecule has 0 spiro atoms. The highest BCUT2D eigenvalue weighted by atomic mass is 15.3. The Bertz CT molecular complexity index is 509. The van der Waals surface area contributed by atoms with Crippen LogP contribution in [0.15, 0.2) is 18.3 Å². The van der Waals surface area contributed by atoms with Gasteiger partial charge in [0, 0.05) is 33.4 Å². The van der Waals surface area contributed by atoms with E-state index in [4.69, 9.17) is 0 Å². The average Bonchev–Trinajstić information content (AvgIpc) is 2.87. The van der Waals surface area contributed by atoms with E-state index >= 15 is 0 Å². The molecule has 2 rings (SSSR count). The van der Waals surface area contributed by atoms with Crippen molar-refractivity contribution >= 4 is 0 Å². The normalized spacial score (nSPS) is 11.4. The zero-order chi connectivity index (χ0) is 13.1. The number of rotatable bonds is 5. The summed E-state index contributed by atoms with van der Waals surface area (Å²) in [6.45, 7) is 5.96. The number of aryl methyl sites for hydroxylation is 2. The molecule has 0 aliphatic heterocycles. The number of aromatic nitrogens is 4. The van der Waals surface area contributed by atoms with Gasteiger partial charge in [-0.05, 0) is 18.1 Å². The minimum Gasteiger partial charge on any atom is -0.306 e. The van der Waals surface area contributed by atoms with Gasteiger partial charge < -0.3 is 5.32 Å². The van der Waals surface area contributed by atoms with Gasteiger partial charge in [0.25, 0.3) is 0 Å². The molecule has 2 aromatic heterocycles. The van der Waals surface area contributed by atoms with Crippen LogP contribution in [0.4, 0.5) is 0 Å². The summed E-state index contributed by atoms with van der Waals surface area (Å²) in [6.07, 6.45) is 1.82. The molecule has 98 valence electrons. The molecule has 18 heavy (non-hydrogen) atoms. The fourth-order valence-electron chi connectivity index (χ4n) is 1.87. The molecule has 0 aromatic carbocycles. The van der Waals surface area contributed by atoms with E-state index in [1.165, 1.54) is 11.4 Å². The van der Waals surface area contributed by atoms with Crippen LogP contribution >= 0.6 is 0 Å². The fourth-order valence-corrected chi connectivity index (χ4v) is 1.87. The van der Waals surface area contributed by atoms with Crippen molar-refractivity contribution in [3.05, 3.63) is 35.4 Å². The number of nitrogens with one attached hydrogen (secondary N) is 1. The first-order valence-electron chi connectivity index (χ1n) is 6.28. The molecule has 1 N–H and O–H groups in total. The van der Waals surface area contributed by atoms with Crippen LogP contribution in [-0.2, 0) is 27.2 Å². The first-order chi connectivity index (χ1) is 8.58. The summed E-state index contributed by atoms with van der Waals surface area (Å²) in [6, 6.07) is 4.19. The smallest absolute Gasteiger partial charge is 0.0653 e. The lowest BCUT2D eigenvalue weighted by Gasteiger charge is -2.05. The van der Waals surface area contributed by atoms with Crippen molar-refractivity contribution in [3.63, 3.8) is 0 Å². The second-order valence-electron chi connectivity index (χ2n) is 4.89. The van der Waals surface area contributed by atoms with Gasteiger partial charge in [-0.2, -0.15) is 10.2 Å². The molecule has 0 saturated carbocycles. The van der Waals surface area contributed by atoms with Gasteiger partial charge in [-0.3, -0.25) is 9.36 Å². The first-order valence-corrected chi connectivity index (χ1v) is 6.28. The summed E-state index contributed by atoms with van der Waals surface area (Å²) in [5.41, 5.74) is 3.54. The van der Waals surface area contributed by atoms with Gasteiger partial charge in [0.2, 0.25) is 0 Å². The summed E-state index contributed by atoms with van der Waals surface area (Å²) in [7, 11) is 3.95. The summed E-state index contributed by atoms with van der Waals surface area (Å²) < 4.78 is 3.83. The van der Waals surface area contributed by atoms with E-state index in [0.717, 1.165) is 18.8 Å². The molecule has 5 heteroatoms. The molecule has 5 nitrogen and oxygen atoms in total. The van der Waals surface area contributed by atoms with Gasteiger partial charge in [-0.1, -0.05) is 13.8 Å². The average molecular weight is 247 g/mol. The van der Waals surface area contributed by atoms with Crippen molar-refractivity contribution in [1.82, 2.24) is 24.9 Å². The molecule has 0 unspecified atom stereocenters. The SMILES string of the molecule is CC(C)c1cc(CNCc2ccnn2C)n(C)n1. The lowest BCUT2D eigenvalue weighted by atomic mass is 10.1. The van der Waals surface area contributed by atoms with Crippen LogP contribution in [-0.4, -0.2) is 19.6 Å². The molecule has 0 radical (unpaired) electrons. The maximum absolute atomic E-state index is 4.50. The van der Waals surface area contributed by atoms with Crippen molar-refractivity contribution in [1.29, 1.82) is 0 Å². The monoisotopic (exact) mass is 247 g/mol. The van der Waals surface area contributed by atoms with Crippen molar-refractivity contribution in [2.75, 3.05) is 0 Å². The lowest BCUT2D eigenvalue weighted by Crippen LogP contribution is -2.17. The van der Waals surface area contributed by atoms with Crippen molar-refractivity contribution < 1.29 is 0 Å². The summed E-state index contributed by atoms with van der Waals surface area (Å²) in [5.74, 6) is 0.474. The largest absolute Gasteiger partial charge is 0.306 e. The van der Waals surface area contributed by atoms with E-state index in [2.05, 4.69) is 35.4 Å². The predicted octanol–water partition coefficient (Wildman–Crippen LogP) is 1.57. The molecule has 0 aliphatic rings. The third kappa shape index (κ3) is 2.79. The molecule has 0 fully saturated rings. The number of hydrogen-bond acceptors (Lipinski definition) is 3. The van der Waals surface area contributed by atoms with Gasteiger partial charge in [0.15, 0.2) is 0 Å². The van der Waals surface area contributed by atoms with E-state index < -0.39 is 0 Å². The molecular weight excluding hydrogens is 226 g/mol. The van der Waals surface area contributed by atoms with E-state index in [-0.39, 0.29) is 0 Å². The Morgan fingerprint density at radius 1 is 1.17 bits per heavy atom. The fraction of sp³-hybridized carbons (Fsp3) is 0.538. The Morgan fingerprint density at radius 3 is 2.44 bits per heavy atom. The van der Waals surface area contributed by atoms with Gasteiger partial charge >= 0.3 is 0 Å². The molecule has 2 aromatic rings. The molecule has 0 aliphatic carbocycles. The lowest BCUT2D eigenvalue weighted by molar-refractivity contribution is 0.592. The Morgan fingerprint density at radius 2 is 1.89 bits per heavy atom. The van der Waals surface area contributed by atoms with Gasteiger partial charge in [-0.25, -0.2) is 0 Å². The van der Waals surface area contributed by atoms with Crippen LogP contribution in [0.25, 0.3) is 0 Å². The van der Waals surface area contributed by atoms with E-state index in [0.29, 0.717) is 5.92 Å². The van der Waals surface area contributed by atoms with Crippen molar-refractivity contribution in [3.8, 4) is 0 Å². The second kappa shape index (κ2) is 5.35. The molecule has 0 saturated heterocycles. The Hall–Kier alpha value is -1.62. The maximum atomic E-state index is 4.50. The third-order valence-electron chi connectivity index (χ3n) is 3.12. The van der Waals surface area contributed by atoms with Crippen molar-refractivity contribution in [2.45, 2.75) is 32.9 Å². The Kier molecular flexibility index (Phi) is 3.81. The predicted molar refractivity (Wildman–Crippen MR) is 71.0 cm³/mol. The van der Waals surface area contributed by atoms with E-state index in [1.54, 1.807) is 0 Å². The molecule has 0 atom stereocenters. The van der Waals surface area contributed by atoms with Crippen LogP contribution in [0.2, 0.25) is 0 Å². The van der Waals surface area contributed by atoms with Crippen LogP contribution in [0.5, 0.6) is 0 Å². The minimum absolute atomic E-state index is 0.474. The van der Waals surface area contributed by atoms with Gasteiger partial charge in [0.1, 0.15) is 0 Å². The summed E-state index contributed by atoms with van der Waals surface area (Å²) in [4.78, 5) is 0. The number of hydrogen-bond donors (Lipinski definition) is 1. The topological polar surface area (TPSA) is 47.7 Å². The second-order valence-corrected chi connectivity index (χ2v) is 4.89. The van der Waals surface area contributed by atoms with Crippen LogP contribution in [0.1, 0.15) is 36.8 Å². The van der Waals surface area contributed by atoms with Gasteiger partial charge in [0.05, 0.1) is 17.1 Å². The summed E-state index contributed by atoms with van der Waals surface area (Å²) >= 11 is 0. The van der Waals surface area contributed by atoms with Gasteiger partial charge in [-0.15, -0.1) is 0 Å². The maximum Gasteiger partial charge on any atom is 0.0653 e. The standard InChI is InChI=1S/C13H21N5/c1-10(2)13-7-12(18(4)16-13)9-14-8-11-5-6-15-17(11)3/h5-7,10,14H,8-9H2,1-4H3. The zero-order valence-corrected chi connectivity index (χ0v) is 11.5. The Balaban J connectivity index is 1.92. The summed E-state index contributed by atoms with van der Waals surface area (Å²) in [5, 5.41) is 12.1. The van der Waals surface area contributed by atoms with Crippen LogP contribution < -0.4 is 5.32 Å². The Labute approximate surface area is 108 Å². The van der Waals surface area contributed by atoms with E-state index in [9.17, 15) is 0 Å². The zero-order valence-electron chi connectivity index (χ0n) is 11.5. The highest BCUT2D eigenvalue weighted by molar-refractivity contribution is 5.13. The molecule has 0 amide bonds. The van der Waals surface area contributed by atoms with E-state index in [1.807, 2.05) is 35.7 Å². The van der Waals surface area contributed by atoms with Crippen LogP contribution in [0.3, 0.4) is 0 Å².